The van der Waals surface area contributed by atoms with E-state index >= 15 is 0 Å². The Kier molecular flexibility index (Phi) is 5.16. The van der Waals surface area contributed by atoms with Gasteiger partial charge in [-0.15, -0.1) is 0 Å². The second kappa shape index (κ2) is 6.18. The molecule has 2 N–H and O–H groups in total. The van der Waals surface area contributed by atoms with Crippen LogP contribution in [-0.2, 0) is 6.42 Å². The lowest BCUT2D eigenvalue weighted by Crippen LogP contribution is -2.36. The van der Waals surface area contributed by atoms with E-state index in [1.54, 1.807) is 0 Å². The van der Waals surface area contributed by atoms with Gasteiger partial charge in [0.05, 0.1) is 0 Å². The maximum atomic E-state index is 5.67. The van der Waals surface area contributed by atoms with Gasteiger partial charge >= 0.3 is 0 Å². The molecule has 1 atom stereocenters. The fourth-order valence-electron chi connectivity index (χ4n) is 1.99. The van der Waals surface area contributed by atoms with Crippen molar-refractivity contribution in [2.24, 2.45) is 5.73 Å². The van der Waals surface area contributed by atoms with Gasteiger partial charge in [0.1, 0.15) is 0 Å². The molecular formula is C15H26N2. The van der Waals surface area contributed by atoms with Gasteiger partial charge < -0.3 is 10.6 Å². The zero-order chi connectivity index (χ0) is 13.0. The van der Waals surface area contributed by atoms with Crippen molar-refractivity contribution >= 4 is 0 Å². The van der Waals surface area contributed by atoms with E-state index < -0.39 is 0 Å². The Morgan fingerprint density at radius 2 is 1.71 bits per heavy atom. The van der Waals surface area contributed by atoms with Crippen molar-refractivity contribution in [3.05, 3.63) is 34.4 Å². The smallest absolute Gasteiger partial charge is 0.0187 e. The van der Waals surface area contributed by atoms with E-state index in [9.17, 15) is 0 Å². The first-order valence-corrected chi connectivity index (χ1v) is 6.42. The van der Waals surface area contributed by atoms with Gasteiger partial charge in [-0.2, -0.15) is 0 Å². The summed E-state index contributed by atoms with van der Waals surface area (Å²) in [6.45, 7) is 10.5. The summed E-state index contributed by atoms with van der Waals surface area (Å²) in [5.41, 5.74) is 11.3. The molecule has 0 spiro atoms. The van der Waals surface area contributed by atoms with E-state index in [1.165, 1.54) is 22.3 Å². The molecule has 2 heteroatoms. The highest BCUT2D eigenvalue weighted by Crippen LogP contribution is 2.16. The number of likely N-dealkylation sites (N-methyl/N-ethyl adjacent to an activating group) is 1. The van der Waals surface area contributed by atoms with Crippen molar-refractivity contribution in [1.29, 1.82) is 0 Å². The molecule has 0 heterocycles. The molecule has 1 unspecified atom stereocenters. The predicted molar refractivity (Wildman–Crippen MR) is 75.5 cm³/mol. The molecule has 0 amide bonds. The van der Waals surface area contributed by atoms with Gasteiger partial charge in [-0.1, -0.05) is 12.1 Å². The molecule has 0 aliphatic carbocycles. The molecule has 0 fully saturated rings. The van der Waals surface area contributed by atoms with E-state index in [1.807, 2.05) is 0 Å². The highest BCUT2D eigenvalue weighted by Gasteiger charge is 2.08. The molecule has 96 valence electrons. The molecule has 0 saturated heterocycles. The monoisotopic (exact) mass is 234 g/mol. The summed E-state index contributed by atoms with van der Waals surface area (Å²) in [4.78, 5) is 2.33. The van der Waals surface area contributed by atoms with E-state index in [0.717, 1.165) is 19.5 Å². The lowest BCUT2D eigenvalue weighted by atomic mass is 9.98. The summed E-state index contributed by atoms with van der Waals surface area (Å²) < 4.78 is 0. The summed E-state index contributed by atoms with van der Waals surface area (Å²) in [5.74, 6) is 0. The zero-order valence-electron chi connectivity index (χ0n) is 11.9. The Morgan fingerprint density at radius 1 is 1.12 bits per heavy atom. The molecule has 0 aliphatic rings. The third kappa shape index (κ3) is 3.83. The van der Waals surface area contributed by atoms with Crippen molar-refractivity contribution in [1.82, 2.24) is 4.90 Å². The van der Waals surface area contributed by atoms with Crippen LogP contribution in [0.5, 0.6) is 0 Å². The predicted octanol–water partition coefficient (Wildman–Crippen LogP) is 2.43. The maximum absolute atomic E-state index is 5.67. The average Bonchev–Trinajstić information content (AvgIpc) is 2.30. The van der Waals surface area contributed by atoms with Crippen LogP contribution in [0, 0.1) is 20.8 Å². The summed E-state index contributed by atoms with van der Waals surface area (Å²) in [5, 5.41) is 0. The zero-order valence-corrected chi connectivity index (χ0v) is 11.9. The first-order chi connectivity index (χ1) is 7.95. The number of rotatable bonds is 5. The quantitative estimate of drug-likeness (QED) is 0.848. The third-order valence-electron chi connectivity index (χ3n) is 3.78. The van der Waals surface area contributed by atoms with Gasteiger partial charge in [-0.3, -0.25) is 0 Å². The van der Waals surface area contributed by atoms with Crippen LogP contribution in [0.3, 0.4) is 0 Å². The van der Waals surface area contributed by atoms with Crippen molar-refractivity contribution in [3.8, 4) is 0 Å². The minimum absolute atomic E-state index is 0.460. The van der Waals surface area contributed by atoms with Crippen LogP contribution >= 0.6 is 0 Å². The SMILES string of the molecule is Cc1cc(C)c(CCN(C)C(C)CN)cc1C. The highest BCUT2D eigenvalue weighted by molar-refractivity contribution is 5.36. The largest absolute Gasteiger partial charge is 0.329 e. The fraction of sp³-hybridized carbons (Fsp3) is 0.600. The van der Waals surface area contributed by atoms with E-state index in [4.69, 9.17) is 5.73 Å². The molecular weight excluding hydrogens is 208 g/mol. The molecule has 0 aliphatic heterocycles. The molecule has 1 aromatic rings. The van der Waals surface area contributed by atoms with Crippen molar-refractivity contribution in [3.63, 3.8) is 0 Å². The standard InChI is InChI=1S/C15H26N2/c1-11-8-13(3)15(9-12(11)2)6-7-17(5)14(4)10-16/h8-9,14H,6-7,10,16H2,1-5H3. The molecule has 17 heavy (non-hydrogen) atoms. The van der Waals surface area contributed by atoms with Crippen molar-refractivity contribution < 1.29 is 0 Å². The van der Waals surface area contributed by atoms with Crippen LogP contribution in [-0.4, -0.2) is 31.1 Å². The first kappa shape index (κ1) is 14.2. The molecule has 0 bridgehead atoms. The van der Waals surface area contributed by atoms with Gasteiger partial charge in [0.25, 0.3) is 0 Å². The second-order valence-corrected chi connectivity index (χ2v) is 5.18. The van der Waals surface area contributed by atoms with Crippen LogP contribution in [0.25, 0.3) is 0 Å². The minimum Gasteiger partial charge on any atom is -0.329 e. The topological polar surface area (TPSA) is 29.3 Å². The Bertz CT molecular complexity index is 371. The first-order valence-electron chi connectivity index (χ1n) is 6.42. The van der Waals surface area contributed by atoms with E-state index in [0.29, 0.717) is 6.04 Å². The number of nitrogens with two attached hydrogens (primary N) is 1. The number of benzene rings is 1. The van der Waals surface area contributed by atoms with Gasteiger partial charge in [0.2, 0.25) is 0 Å². The number of nitrogens with zero attached hydrogens (tertiary/aromatic N) is 1. The Hall–Kier alpha value is -0.860. The summed E-state index contributed by atoms with van der Waals surface area (Å²) in [7, 11) is 2.15. The number of hydrogen-bond acceptors (Lipinski definition) is 2. The van der Waals surface area contributed by atoms with Crippen molar-refractivity contribution in [2.75, 3.05) is 20.1 Å². The molecule has 0 saturated carbocycles. The molecule has 0 aromatic heterocycles. The van der Waals surface area contributed by atoms with E-state index in [2.05, 4.69) is 51.8 Å². The number of hydrogen-bond donors (Lipinski definition) is 1. The molecule has 2 nitrogen and oxygen atoms in total. The third-order valence-corrected chi connectivity index (χ3v) is 3.78. The fourth-order valence-corrected chi connectivity index (χ4v) is 1.99. The maximum Gasteiger partial charge on any atom is 0.0187 e. The molecule has 1 rings (SSSR count). The van der Waals surface area contributed by atoms with Gasteiger partial charge in [-0.05, 0) is 63.4 Å². The van der Waals surface area contributed by atoms with Crippen LogP contribution in [0.1, 0.15) is 29.2 Å². The normalized spacial score (nSPS) is 13.1. The summed E-state index contributed by atoms with van der Waals surface area (Å²) in [6.07, 6.45) is 1.10. The second-order valence-electron chi connectivity index (χ2n) is 5.18. The molecule has 1 aromatic carbocycles. The Morgan fingerprint density at radius 3 is 2.29 bits per heavy atom. The summed E-state index contributed by atoms with van der Waals surface area (Å²) in [6, 6.07) is 5.07. The highest BCUT2D eigenvalue weighted by atomic mass is 15.1. The van der Waals surface area contributed by atoms with Crippen molar-refractivity contribution in [2.45, 2.75) is 40.2 Å². The minimum atomic E-state index is 0.460. The Labute approximate surface area is 106 Å². The van der Waals surface area contributed by atoms with Crippen LogP contribution in [0.2, 0.25) is 0 Å². The van der Waals surface area contributed by atoms with Gasteiger partial charge in [0, 0.05) is 19.1 Å². The average molecular weight is 234 g/mol. The number of aryl methyl sites for hydroxylation is 3. The van der Waals surface area contributed by atoms with E-state index in [-0.39, 0.29) is 0 Å². The summed E-state index contributed by atoms with van der Waals surface area (Å²) >= 11 is 0. The van der Waals surface area contributed by atoms with Crippen LogP contribution in [0.4, 0.5) is 0 Å². The Balaban J connectivity index is 2.66. The lowest BCUT2D eigenvalue weighted by molar-refractivity contribution is 0.266. The van der Waals surface area contributed by atoms with Gasteiger partial charge in [-0.25, -0.2) is 0 Å². The van der Waals surface area contributed by atoms with Crippen LogP contribution < -0.4 is 5.73 Å². The van der Waals surface area contributed by atoms with Crippen LogP contribution in [0.15, 0.2) is 12.1 Å². The lowest BCUT2D eigenvalue weighted by Gasteiger charge is -2.23. The molecule has 0 radical (unpaired) electrons. The van der Waals surface area contributed by atoms with Gasteiger partial charge in [0.15, 0.2) is 0 Å².